The molecule has 0 fully saturated rings. The van der Waals surface area contributed by atoms with Crippen molar-refractivity contribution >= 4 is 5.97 Å². The lowest BCUT2D eigenvalue weighted by Gasteiger charge is -2.08. The minimum atomic E-state index is -1.02. The van der Waals surface area contributed by atoms with Gasteiger partial charge in [0.15, 0.2) is 0 Å². The van der Waals surface area contributed by atoms with Gasteiger partial charge in [-0.15, -0.1) is 0 Å². The van der Waals surface area contributed by atoms with Crippen molar-refractivity contribution in [3.8, 4) is 5.75 Å². The quantitative estimate of drug-likeness (QED) is 0.927. The Hall–Kier alpha value is -2.36. The summed E-state index contributed by atoms with van der Waals surface area (Å²) in [7, 11) is 0. The van der Waals surface area contributed by atoms with E-state index in [0.717, 1.165) is 18.6 Å². The molecule has 0 radical (unpaired) electrons. The Morgan fingerprint density at radius 1 is 1.20 bits per heavy atom. The van der Waals surface area contributed by atoms with Gasteiger partial charge in [0.2, 0.25) is 0 Å². The number of carbonyl (C=O) groups is 1. The SMILES string of the molecule is O=C(O)c1cccc(COc2ccc3c(c2)CCC3)n1. The molecule has 0 amide bonds. The van der Waals surface area contributed by atoms with Gasteiger partial charge in [-0.25, -0.2) is 9.78 Å². The maximum absolute atomic E-state index is 10.9. The van der Waals surface area contributed by atoms with E-state index >= 15 is 0 Å². The lowest BCUT2D eigenvalue weighted by molar-refractivity contribution is 0.0690. The third kappa shape index (κ3) is 2.64. The molecule has 0 saturated heterocycles. The standard InChI is InChI=1S/C16H15NO3/c18-16(19)15-6-2-5-13(17-15)10-20-14-8-7-11-3-1-4-12(11)9-14/h2,5-9H,1,3-4,10H2,(H,18,19). The molecular formula is C16H15NO3. The van der Waals surface area contributed by atoms with E-state index in [1.807, 2.05) is 6.07 Å². The molecule has 0 atom stereocenters. The number of ether oxygens (including phenoxy) is 1. The Morgan fingerprint density at radius 3 is 2.90 bits per heavy atom. The van der Waals surface area contributed by atoms with Crippen molar-refractivity contribution in [1.29, 1.82) is 0 Å². The van der Waals surface area contributed by atoms with Gasteiger partial charge in [0, 0.05) is 0 Å². The molecule has 2 aromatic rings. The van der Waals surface area contributed by atoms with Gasteiger partial charge >= 0.3 is 5.97 Å². The van der Waals surface area contributed by atoms with Crippen LogP contribution in [0, 0.1) is 0 Å². The normalized spacial score (nSPS) is 13.0. The van der Waals surface area contributed by atoms with E-state index in [-0.39, 0.29) is 12.3 Å². The number of benzene rings is 1. The molecule has 0 spiro atoms. The number of rotatable bonds is 4. The molecule has 1 aromatic carbocycles. The van der Waals surface area contributed by atoms with Crippen LogP contribution in [0.3, 0.4) is 0 Å². The van der Waals surface area contributed by atoms with E-state index in [1.54, 1.807) is 12.1 Å². The van der Waals surface area contributed by atoms with Crippen LogP contribution >= 0.6 is 0 Å². The Labute approximate surface area is 117 Å². The summed E-state index contributed by atoms with van der Waals surface area (Å²) in [6.07, 6.45) is 3.47. The summed E-state index contributed by atoms with van der Waals surface area (Å²) < 4.78 is 5.70. The third-order valence-electron chi connectivity index (χ3n) is 3.48. The van der Waals surface area contributed by atoms with Crippen molar-refractivity contribution in [2.45, 2.75) is 25.9 Å². The van der Waals surface area contributed by atoms with Gasteiger partial charge in [0.05, 0.1) is 5.69 Å². The van der Waals surface area contributed by atoms with Gasteiger partial charge in [0.25, 0.3) is 0 Å². The topological polar surface area (TPSA) is 59.4 Å². The highest BCUT2D eigenvalue weighted by molar-refractivity contribution is 5.85. The molecule has 0 bridgehead atoms. The minimum absolute atomic E-state index is 0.0417. The van der Waals surface area contributed by atoms with Gasteiger partial charge in [-0.2, -0.15) is 0 Å². The molecular weight excluding hydrogens is 254 g/mol. The van der Waals surface area contributed by atoms with E-state index < -0.39 is 5.97 Å². The smallest absolute Gasteiger partial charge is 0.354 e. The van der Waals surface area contributed by atoms with Crippen molar-refractivity contribution in [1.82, 2.24) is 4.98 Å². The molecule has 4 nitrogen and oxygen atoms in total. The maximum atomic E-state index is 10.9. The van der Waals surface area contributed by atoms with Crippen molar-refractivity contribution in [2.75, 3.05) is 0 Å². The molecule has 102 valence electrons. The van der Waals surface area contributed by atoms with Crippen LogP contribution in [0.1, 0.15) is 33.7 Å². The van der Waals surface area contributed by atoms with Crippen LogP contribution in [-0.4, -0.2) is 16.1 Å². The number of carboxylic acids is 1. The van der Waals surface area contributed by atoms with Crippen LogP contribution < -0.4 is 4.74 Å². The first-order valence-corrected chi connectivity index (χ1v) is 6.66. The predicted octanol–water partition coefficient (Wildman–Crippen LogP) is 2.85. The molecule has 0 unspecified atom stereocenters. The number of aromatic nitrogens is 1. The molecule has 1 aromatic heterocycles. The van der Waals surface area contributed by atoms with Crippen LogP contribution in [0.4, 0.5) is 0 Å². The number of hydrogen-bond donors (Lipinski definition) is 1. The molecule has 1 N–H and O–H groups in total. The number of fused-ring (bicyclic) bond motifs is 1. The summed E-state index contributed by atoms with van der Waals surface area (Å²) in [5.74, 6) is -0.211. The van der Waals surface area contributed by atoms with Gasteiger partial charge in [0.1, 0.15) is 18.1 Å². The van der Waals surface area contributed by atoms with E-state index in [1.165, 1.54) is 23.6 Å². The highest BCUT2D eigenvalue weighted by atomic mass is 16.5. The van der Waals surface area contributed by atoms with Gasteiger partial charge < -0.3 is 9.84 Å². The van der Waals surface area contributed by atoms with E-state index in [4.69, 9.17) is 9.84 Å². The fourth-order valence-corrected chi connectivity index (χ4v) is 2.47. The van der Waals surface area contributed by atoms with Gasteiger partial charge in [-0.1, -0.05) is 12.1 Å². The summed E-state index contributed by atoms with van der Waals surface area (Å²) in [6, 6.07) is 11.1. The summed E-state index contributed by atoms with van der Waals surface area (Å²) in [4.78, 5) is 14.9. The largest absolute Gasteiger partial charge is 0.487 e. The lowest BCUT2D eigenvalue weighted by atomic mass is 10.1. The van der Waals surface area contributed by atoms with Crippen LogP contribution in [0.25, 0.3) is 0 Å². The number of aryl methyl sites for hydroxylation is 2. The molecule has 1 heterocycles. The first-order valence-electron chi connectivity index (χ1n) is 6.66. The van der Waals surface area contributed by atoms with Gasteiger partial charge in [-0.05, 0) is 54.7 Å². The zero-order chi connectivity index (χ0) is 13.9. The molecule has 0 aliphatic heterocycles. The highest BCUT2D eigenvalue weighted by Crippen LogP contribution is 2.26. The van der Waals surface area contributed by atoms with Crippen LogP contribution in [-0.2, 0) is 19.4 Å². The maximum Gasteiger partial charge on any atom is 0.354 e. The van der Waals surface area contributed by atoms with Crippen LogP contribution in [0.15, 0.2) is 36.4 Å². The van der Waals surface area contributed by atoms with Crippen molar-refractivity contribution in [3.63, 3.8) is 0 Å². The average Bonchev–Trinajstić information content (AvgIpc) is 2.93. The lowest BCUT2D eigenvalue weighted by Crippen LogP contribution is -2.05. The first-order chi connectivity index (χ1) is 9.72. The summed E-state index contributed by atoms with van der Waals surface area (Å²) >= 11 is 0. The second-order valence-electron chi connectivity index (χ2n) is 4.89. The number of hydrogen-bond acceptors (Lipinski definition) is 3. The highest BCUT2D eigenvalue weighted by Gasteiger charge is 2.11. The Bertz CT molecular complexity index is 652. The van der Waals surface area contributed by atoms with E-state index in [9.17, 15) is 4.79 Å². The van der Waals surface area contributed by atoms with Crippen molar-refractivity contribution in [2.24, 2.45) is 0 Å². The van der Waals surface area contributed by atoms with E-state index in [0.29, 0.717) is 5.69 Å². The predicted molar refractivity (Wildman–Crippen MR) is 74.0 cm³/mol. The fourth-order valence-electron chi connectivity index (χ4n) is 2.47. The zero-order valence-electron chi connectivity index (χ0n) is 11.0. The summed E-state index contributed by atoms with van der Waals surface area (Å²) in [5, 5.41) is 8.90. The van der Waals surface area contributed by atoms with E-state index in [2.05, 4.69) is 17.1 Å². The minimum Gasteiger partial charge on any atom is -0.487 e. The Kier molecular flexibility index (Phi) is 3.37. The van der Waals surface area contributed by atoms with Crippen LogP contribution in [0.5, 0.6) is 5.75 Å². The molecule has 20 heavy (non-hydrogen) atoms. The van der Waals surface area contributed by atoms with Crippen molar-refractivity contribution in [3.05, 3.63) is 58.9 Å². The number of nitrogens with zero attached hydrogens (tertiary/aromatic N) is 1. The van der Waals surface area contributed by atoms with Gasteiger partial charge in [-0.3, -0.25) is 0 Å². The Morgan fingerprint density at radius 2 is 2.05 bits per heavy atom. The monoisotopic (exact) mass is 269 g/mol. The second-order valence-corrected chi connectivity index (χ2v) is 4.89. The number of carboxylic acid groups (broad SMARTS) is 1. The molecule has 1 aliphatic rings. The fraction of sp³-hybridized carbons (Fsp3) is 0.250. The molecule has 4 heteroatoms. The third-order valence-corrected chi connectivity index (χ3v) is 3.48. The molecule has 0 saturated carbocycles. The summed E-state index contributed by atoms with van der Waals surface area (Å²) in [5.41, 5.74) is 3.42. The Balaban J connectivity index is 1.70. The average molecular weight is 269 g/mol. The molecule has 1 aliphatic carbocycles. The van der Waals surface area contributed by atoms with Crippen molar-refractivity contribution < 1.29 is 14.6 Å². The second kappa shape index (κ2) is 5.33. The zero-order valence-corrected chi connectivity index (χ0v) is 11.0. The first kappa shape index (κ1) is 12.7. The number of pyridine rings is 1. The molecule has 3 rings (SSSR count). The number of aromatic carboxylic acids is 1. The van der Waals surface area contributed by atoms with Crippen LogP contribution in [0.2, 0.25) is 0 Å². The summed E-state index contributed by atoms with van der Waals surface area (Å²) in [6.45, 7) is 0.278.